The van der Waals surface area contributed by atoms with E-state index in [1.54, 1.807) is 0 Å². The zero-order valence-electron chi connectivity index (χ0n) is 13.0. The maximum Gasteiger partial charge on any atom is 0.0980 e. The predicted molar refractivity (Wildman–Crippen MR) is 84.5 cm³/mol. The second kappa shape index (κ2) is 7.39. The zero-order chi connectivity index (χ0) is 14.5. The number of benzene rings is 1. The maximum atomic E-state index is 6.09. The van der Waals surface area contributed by atoms with Gasteiger partial charge in [0, 0.05) is 12.6 Å². The number of rotatable bonds is 6. The molecule has 3 nitrogen and oxygen atoms in total. The van der Waals surface area contributed by atoms with Crippen molar-refractivity contribution in [3.8, 4) is 0 Å². The zero-order valence-corrected chi connectivity index (χ0v) is 13.0. The summed E-state index contributed by atoms with van der Waals surface area (Å²) in [7, 11) is 2.05. The Balaban J connectivity index is 1.58. The highest BCUT2D eigenvalue weighted by Gasteiger charge is 2.27. The van der Waals surface area contributed by atoms with Crippen LogP contribution in [-0.4, -0.2) is 32.4 Å². The van der Waals surface area contributed by atoms with Crippen molar-refractivity contribution in [3.05, 3.63) is 35.4 Å². The van der Waals surface area contributed by atoms with Gasteiger partial charge < -0.3 is 14.8 Å². The number of ether oxygens (including phenoxy) is 2. The lowest BCUT2D eigenvalue weighted by Gasteiger charge is -2.32. The minimum atomic E-state index is 0.199. The number of hydrogen-bond donors (Lipinski definition) is 1. The summed E-state index contributed by atoms with van der Waals surface area (Å²) in [6, 6.07) is 9.12. The number of nitrogens with one attached hydrogen (secondary N) is 1. The van der Waals surface area contributed by atoms with E-state index in [0.29, 0.717) is 12.1 Å². The summed E-state index contributed by atoms with van der Waals surface area (Å²) in [5.41, 5.74) is 2.83. The van der Waals surface area contributed by atoms with Gasteiger partial charge in [-0.25, -0.2) is 0 Å². The molecular weight excluding hydrogens is 262 g/mol. The fraction of sp³-hybridized carbons (Fsp3) is 0.667. The van der Waals surface area contributed by atoms with Gasteiger partial charge in [0.2, 0.25) is 0 Å². The molecule has 0 aromatic heterocycles. The van der Waals surface area contributed by atoms with Crippen LogP contribution in [0.2, 0.25) is 0 Å². The van der Waals surface area contributed by atoms with Crippen LogP contribution in [-0.2, 0) is 15.9 Å². The standard InChI is InChI=1S/C18H27NO2/c1-19-17(10-4-7-15-8-5-12-20-15)18-16-9-3-2-6-14(16)11-13-21-18/h2-3,6,9,15,17-19H,4-5,7-8,10-13H2,1H3. The third-order valence-corrected chi connectivity index (χ3v) is 4.83. The van der Waals surface area contributed by atoms with Crippen LogP contribution in [0.25, 0.3) is 0 Å². The Morgan fingerprint density at radius 1 is 1.24 bits per heavy atom. The smallest absolute Gasteiger partial charge is 0.0980 e. The number of fused-ring (bicyclic) bond motifs is 1. The summed E-state index contributed by atoms with van der Waals surface area (Å²) in [6.45, 7) is 1.80. The molecular formula is C18H27NO2. The Bertz CT molecular complexity index is 443. The topological polar surface area (TPSA) is 30.5 Å². The quantitative estimate of drug-likeness (QED) is 0.872. The molecule has 3 atom stereocenters. The lowest BCUT2D eigenvalue weighted by molar-refractivity contribution is 0.0133. The molecule has 1 aromatic carbocycles. The Morgan fingerprint density at radius 2 is 2.14 bits per heavy atom. The van der Waals surface area contributed by atoms with Crippen LogP contribution in [0.4, 0.5) is 0 Å². The summed E-state index contributed by atoms with van der Waals surface area (Å²) in [5, 5.41) is 3.47. The molecule has 3 rings (SSSR count). The van der Waals surface area contributed by atoms with Gasteiger partial charge in [-0.2, -0.15) is 0 Å². The van der Waals surface area contributed by atoms with E-state index in [1.807, 2.05) is 0 Å². The third kappa shape index (κ3) is 3.65. The van der Waals surface area contributed by atoms with E-state index in [-0.39, 0.29) is 6.10 Å². The van der Waals surface area contributed by atoms with E-state index in [4.69, 9.17) is 9.47 Å². The highest BCUT2D eigenvalue weighted by molar-refractivity contribution is 5.31. The van der Waals surface area contributed by atoms with E-state index in [1.165, 1.54) is 36.8 Å². The van der Waals surface area contributed by atoms with E-state index >= 15 is 0 Å². The first kappa shape index (κ1) is 15.0. The molecule has 2 aliphatic heterocycles. The maximum absolute atomic E-state index is 6.09. The third-order valence-electron chi connectivity index (χ3n) is 4.83. The number of likely N-dealkylation sites (N-methyl/N-ethyl adjacent to an activating group) is 1. The van der Waals surface area contributed by atoms with Crippen molar-refractivity contribution in [2.24, 2.45) is 0 Å². The van der Waals surface area contributed by atoms with Crippen LogP contribution in [0, 0.1) is 0 Å². The average Bonchev–Trinajstić information content (AvgIpc) is 3.05. The summed E-state index contributed by atoms with van der Waals surface area (Å²) in [6.07, 6.45) is 7.76. The Labute approximate surface area is 128 Å². The molecule has 0 bridgehead atoms. The highest BCUT2D eigenvalue weighted by atomic mass is 16.5. The van der Waals surface area contributed by atoms with Crippen LogP contribution in [0.3, 0.4) is 0 Å². The van der Waals surface area contributed by atoms with E-state index in [9.17, 15) is 0 Å². The van der Waals surface area contributed by atoms with Gasteiger partial charge in [0.1, 0.15) is 0 Å². The van der Waals surface area contributed by atoms with Crippen molar-refractivity contribution in [2.75, 3.05) is 20.3 Å². The molecule has 1 fully saturated rings. The predicted octanol–water partition coefficient (Wildman–Crippen LogP) is 3.24. The van der Waals surface area contributed by atoms with Gasteiger partial charge in [-0.15, -0.1) is 0 Å². The molecule has 3 heteroatoms. The Hall–Kier alpha value is -0.900. The van der Waals surface area contributed by atoms with E-state index in [0.717, 1.165) is 26.1 Å². The molecule has 2 heterocycles. The van der Waals surface area contributed by atoms with Crippen LogP contribution < -0.4 is 5.32 Å². The largest absolute Gasteiger partial charge is 0.378 e. The van der Waals surface area contributed by atoms with Crippen molar-refractivity contribution in [3.63, 3.8) is 0 Å². The SMILES string of the molecule is CNC(CCCC1CCCO1)C1OCCc2ccccc21. The molecule has 116 valence electrons. The average molecular weight is 289 g/mol. The van der Waals surface area contributed by atoms with Crippen molar-refractivity contribution in [1.82, 2.24) is 5.32 Å². The summed E-state index contributed by atoms with van der Waals surface area (Å²) < 4.78 is 11.8. The molecule has 0 spiro atoms. The lowest BCUT2D eigenvalue weighted by atomic mass is 9.90. The van der Waals surface area contributed by atoms with Crippen LogP contribution in [0.5, 0.6) is 0 Å². The molecule has 1 N–H and O–H groups in total. The van der Waals surface area contributed by atoms with Crippen molar-refractivity contribution in [2.45, 2.75) is 56.8 Å². The van der Waals surface area contributed by atoms with Crippen LogP contribution in [0.15, 0.2) is 24.3 Å². The minimum Gasteiger partial charge on any atom is -0.378 e. The second-order valence-electron chi connectivity index (χ2n) is 6.20. The molecule has 1 saturated heterocycles. The van der Waals surface area contributed by atoms with Gasteiger partial charge in [-0.3, -0.25) is 0 Å². The molecule has 1 aromatic rings. The molecule has 0 radical (unpaired) electrons. The summed E-state index contributed by atoms with van der Waals surface area (Å²) in [5.74, 6) is 0. The van der Waals surface area contributed by atoms with Crippen molar-refractivity contribution < 1.29 is 9.47 Å². The number of hydrogen-bond acceptors (Lipinski definition) is 3. The molecule has 0 aliphatic carbocycles. The summed E-state index contributed by atoms with van der Waals surface area (Å²) in [4.78, 5) is 0. The Kier molecular flexibility index (Phi) is 5.28. The van der Waals surface area contributed by atoms with Gasteiger partial charge in [0.15, 0.2) is 0 Å². The normalized spacial score (nSPS) is 26.5. The minimum absolute atomic E-state index is 0.199. The highest BCUT2D eigenvalue weighted by Crippen LogP contribution is 2.31. The van der Waals surface area contributed by atoms with Gasteiger partial charge in [-0.05, 0) is 56.7 Å². The van der Waals surface area contributed by atoms with Crippen molar-refractivity contribution in [1.29, 1.82) is 0 Å². The summed E-state index contributed by atoms with van der Waals surface area (Å²) >= 11 is 0. The monoisotopic (exact) mass is 289 g/mol. The fourth-order valence-corrected chi connectivity index (χ4v) is 3.64. The van der Waals surface area contributed by atoms with Crippen molar-refractivity contribution >= 4 is 0 Å². The Morgan fingerprint density at radius 3 is 2.95 bits per heavy atom. The first-order valence-electron chi connectivity index (χ1n) is 8.37. The molecule has 2 aliphatic rings. The van der Waals surface area contributed by atoms with E-state index < -0.39 is 0 Å². The van der Waals surface area contributed by atoms with Gasteiger partial charge in [-0.1, -0.05) is 24.3 Å². The van der Waals surface area contributed by atoms with Gasteiger partial charge >= 0.3 is 0 Å². The first-order valence-corrected chi connectivity index (χ1v) is 8.37. The van der Waals surface area contributed by atoms with Gasteiger partial charge in [0.05, 0.1) is 18.8 Å². The molecule has 21 heavy (non-hydrogen) atoms. The fourth-order valence-electron chi connectivity index (χ4n) is 3.64. The van der Waals surface area contributed by atoms with Gasteiger partial charge in [0.25, 0.3) is 0 Å². The second-order valence-corrected chi connectivity index (χ2v) is 6.20. The molecule has 0 saturated carbocycles. The molecule has 0 amide bonds. The lowest BCUT2D eigenvalue weighted by Crippen LogP contribution is -2.36. The van der Waals surface area contributed by atoms with Crippen LogP contribution >= 0.6 is 0 Å². The van der Waals surface area contributed by atoms with Crippen LogP contribution in [0.1, 0.15) is 49.3 Å². The molecule has 3 unspecified atom stereocenters. The van der Waals surface area contributed by atoms with E-state index in [2.05, 4.69) is 36.6 Å². The first-order chi connectivity index (χ1) is 10.4.